The molecule has 74 valence electrons. The zero-order chi connectivity index (χ0) is 10.4. The summed E-state index contributed by atoms with van der Waals surface area (Å²) in [6.07, 6.45) is -2.69. The van der Waals surface area contributed by atoms with E-state index in [0.717, 1.165) is 0 Å². The van der Waals surface area contributed by atoms with E-state index in [0.29, 0.717) is 0 Å². The molecule has 0 aromatic heterocycles. The maximum atomic E-state index is 9.96. The Balaban J connectivity index is 3.91. The van der Waals surface area contributed by atoms with Crippen molar-refractivity contribution >= 4 is 0 Å². The third kappa shape index (κ3) is 4.44. The van der Waals surface area contributed by atoms with Gasteiger partial charge in [0, 0.05) is 0 Å². The Bertz CT molecular complexity index is 213. The summed E-state index contributed by atoms with van der Waals surface area (Å²) < 4.78 is 0. The minimum atomic E-state index is -2.06. The molecule has 0 bridgehead atoms. The van der Waals surface area contributed by atoms with Crippen LogP contribution in [-0.2, 0) is 4.84 Å². The lowest BCUT2D eigenvalue weighted by Crippen LogP contribution is -2.30. The predicted molar refractivity (Wildman–Crippen MR) is 35.3 cm³/mol. The lowest BCUT2D eigenvalue weighted by Gasteiger charge is -2.00. The highest BCUT2D eigenvalue weighted by Gasteiger charge is 2.31. The lowest BCUT2D eigenvalue weighted by molar-refractivity contribution is -0.770. The van der Waals surface area contributed by atoms with Crippen LogP contribution in [-0.4, -0.2) is 27.7 Å². The summed E-state index contributed by atoms with van der Waals surface area (Å²) >= 11 is 0. The van der Waals surface area contributed by atoms with Crippen LogP contribution in [0.3, 0.4) is 0 Å². The number of nitro groups is 2. The van der Waals surface area contributed by atoms with Crippen LogP contribution in [0.15, 0.2) is 0 Å². The van der Waals surface area contributed by atoms with Crippen molar-refractivity contribution in [2.24, 2.45) is 0 Å². The molecule has 0 fully saturated rings. The summed E-state index contributed by atoms with van der Waals surface area (Å²) in [5.74, 6) is 0. The van der Waals surface area contributed by atoms with E-state index in [1.165, 1.54) is 0 Å². The van der Waals surface area contributed by atoms with Crippen molar-refractivity contribution in [1.82, 2.24) is 0 Å². The van der Waals surface area contributed by atoms with Crippen LogP contribution < -0.4 is 0 Å². The maximum Gasteiger partial charge on any atom is 0.452 e. The van der Waals surface area contributed by atoms with Crippen LogP contribution in [0.4, 0.5) is 0 Å². The molecular weight excluding hydrogens is 190 g/mol. The minimum absolute atomic E-state index is 0.638. The van der Waals surface area contributed by atoms with Gasteiger partial charge in [-0.2, -0.15) is 0 Å². The molecule has 0 spiro atoms. The summed E-state index contributed by atoms with van der Waals surface area (Å²) in [5.41, 5.74) is 0. The van der Waals surface area contributed by atoms with Gasteiger partial charge in [0.2, 0.25) is 0 Å². The topological polar surface area (TPSA) is 139 Å². The first-order chi connectivity index (χ1) is 5.95. The second kappa shape index (κ2) is 4.79. The van der Waals surface area contributed by atoms with Crippen molar-refractivity contribution in [2.75, 3.05) is 6.61 Å². The summed E-state index contributed by atoms with van der Waals surface area (Å²) in [5, 5.41) is 28.3. The molecule has 0 aliphatic rings. The van der Waals surface area contributed by atoms with Gasteiger partial charge in [-0.3, -0.25) is 20.2 Å². The molecule has 0 saturated carbocycles. The summed E-state index contributed by atoms with van der Waals surface area (Å²) in [7, 11) is 0. The van der Waals surface area contributed by atoms with E-state index >= 15 is 0 Å². The molecule has 0 radical (unpaired) electrons. The van der Waals surface area contributed by atoms with Gasteiger partial charge in [0.15, 0.2) is 0 Å². The summed E-state index contributed by atoms with van der Waals surface area (Å²) in [6, 6.07) is 0. The highest BCUT2D eigenvalue weighted by atomic mass is 16.9. The highest BCUT2D eigenvalue weighted by molar-refractivity contribution is 4.39. The van der Waals surface area contributed by atoms with Crippen LogP contribution in [0.25, 0.3) is 0 Å². The van der Waals surface area contributed by atoms with Gasteiger partial charge in [0.1, 0.15) is 13.0 Å². The van der Waals surface area contributed by atoms with Crippen LogP contribution in [0.1, 0.15) is 6.42 Å². The zero-order valence-electron chi connectivity index (χ0n) is 6.19. The summed E-state index contributed by atoms with van der Waals surface area (Å²) in [4.78, 5) is 30.9. The lowest BCUT2D eigenvalue weighted by atomic mass is 10.4. The summed E-state index contributed by atoms with van der Waals surface area (Å²) in [6.45, 7) is -0.667. The van der Waals surface area contributed by atoms with E-state index < -0.39 is 34.1 Å². The van der Waals surface area contributed by atoms with Gasteiger partial charge in [-0.05, 0) is 0 Å². The number of nitrogens with zero attached hydrogens (tertiary/aromatic N) is 3. The molecule has 0 atom stereocenters. The van der Waals surface area contributed by atoms with E-state index in [1.54, 1.807) is 0 Å². The van der Waals surface area contributed by atoms with Crippen LogP contribution in [0.2, 0.25) is 0 Å². The molecule has 0 saturated heterocycles. The Morgan fingerprint density at radius 1 is 1.08 bits per heavy atom. The Labute approximate surface area is 70.5 Å². The molecule has 0 amide bonds. The van der Waals surface area contributed by atoms with Crippen LogP contribution in [0, 0.1) is 30.3 Å². The number of hydrogen-bond donors (Lipinski definition) is 0. The Morgan fingerprint density at radius 2 is 1.54 bits per heavy atom. The molecule has 10 nitrogen and oxygen atoms in total. The average Bonchev–Trinajstić information content (AvgIpc) is 1.95. The smallest absolute Gasteiger partial charge is 0.313 e. The molecule has 0 aromatic carbocycles. The van der Waals surface area contributed by atoms with E-state index in [-0.39, 0.29) is 0 Å². The van der Waals surface area contributed by atoms with E-state index in [4.69, 9.17) is 0 Å². The monoisotopic (exact) mass is 195 g/mol. The molecule has 0 unspecified atom stereocenters. The van der Waals surface area contributed by atoms with Gasteiger partial charge in [0.05, 0.1) is 9.85 Å². The van der Waals surface area contributed by atoms with Gasteiger partial charge < -0.3 is 4.84 Å². The normalized spacial score (nSPS) is 9.62. The largest absolute Gasteiger partial charge is 0.452 e. The first-order valence-corrected chi connectivity index (χ1v) is 2.99. The van der Waals surface area contributed by atoms with Gasteiger partial charge in [0.25, 0.3) is 5.09 Å². The van der Waals surface area contributed by atoms with Crippen molar-refractivity contribution in [3.05, 3.63) is 30.3 Å². The molecule has 0 aromatic rings. The molecule has 0 N–H and O–H groups in total. The van der Waals surface area contributed by atoms with Crippen LogP contribution >= 0.6 is 0 Å². The quantitative estimate of drug-likeness (QED) is 0.315. The van der Waals surface area contributed by atoms with Crippen molar-refractivity contribution in [1.29, 1.82) is 0 Å². The minimum Gasteiger partial charge on any atom is -0.313 e. The van der Waals surface area contributed by atoms with E-state index in [1.807, 2.05) is 0 Å². The molecule has 0 heterocycles. The number of hydrogen-bond acceptors (Lipinski definition) is 7. The average molecular weight is 195 g/mol. The van der Waals surface area contributed by atoms with Crippen molar-refractivity contribution in [2.45, 2.75) is 12.6 Å². The molecule has 0 aliphatic heterocycles. The Kier molecular flexibility index (Phi) is 4.06. The molecular formula is C3H5N3O7. The molecule has 0 rings (SSSR count). The van der Waals surface area contributed by atoms with Gasteiger partial charge in [-0.15, -0.1) is 10.1 Å². The first-order valence-electron chi connectivity index (χ1n) is 2.99. The first kappa shape index (κ1) is 11.0. The van der Waals surface area contributed by atoms with E-state index in [2.05, 4.69) is 4.84 Å². The van der Waals surface area contributed by atoms with Gasteiger partial charge in [-0.1, -0.05) is 0 Å². The second-order valence-electron chi connectivity index (χ2n) is 1.90. The number of rotatable bonds is 6. The fourth-order valence-electron chi connectivity index (χ4n) is 0.520. The predicted octanol–water partition coefficient (Wildman–Crippen LogP) is -0.536. The SMILES string of the molecule is O=[N+]([O-])OCCC([N+](=O)[O-])[N+](=O)[O-]. The third-order valence-electron chi connectivity index (χ3n) is 1.06. The van der Waals surface area contributed by atoms with Gasteiger partial charge >= 0.3 is 6.17 Å². The third-order valence-corrected chi connectivity index (χ3v) is 1.06. The van der Waals surface area contributed by atoms with Crippen molar-refractivity contribution in [3.63, 3.8) is 0 Å². The zero-order valence-corrected chi connectivity index (χ0v) is 6.19. The molecule has 10 heteroatoms. The van der Waals surface area contributed by atoms with E-state index in [9.17, 15) is 30.3 Å². The standard InChI is InChI=1S/C3H5N3O7/c7-4(8)3(5(9)10)1-2-13-6(11)12/h3H,1-2H2. The Hall–Kier alpha value is -2.00. The fraction of sp³-hybridized carbons (Fsp3) is 1.00. The fourth-order valence-corrected chi connectivity index (χ4v) is 0.520. The second-order valence-corrected chi connectivity index (χ2v) is 1.90. The molecule has 0 aliphatic carbocycles. The van der Waals surface area contributed by atoms with Crippen molar-refractivity contribution < 1.29 is 19.8 Å². The Morgan fingerprint density at radius 3 is 1.85 bits per heavy atom. The highest BCUT2D eigenvalue weighted by Crippen LogP contribution is 1.98. The van der Waals surface area contributed by atoms with Crippen molar-refractivity contribution in [3.8, 4) is 0 Å². The van der Waals surface area contributed by atoms with Gasteiger partial charge in [-0.25, -0.2) is 0 Å². The maximum absolute atomic E-state index is 9.96. The van der Waals surface area contributed by atoms with Crippen LogP contribution in [0.5, 0.6) is 0 Å². The molecule has 13 heavy (non-hydrogen) atoms.